The Morgan fingerprint density at radius 1 is 1.12 bits per heavy atom. The highest BCUT2D eigenvalue weighted by Gasteiger charge is 2.14. The fourth-order valence-electron chi connectivity index (χ4n) is 2.44. The van der Waals surface area contributed by atoms with Crippen LogP contribution in [0.5, 0.6) is 0 Å². The van der Waals surface area contributed by atoms with E-state index in [0.29, 0.717) is 17.0 Å². The summed E-state index contributed by atoms with van der Waals surface area (Å²) < 4.78 is 0. The van der Waals surface area contributed by atoms with Crippen LogP contribution in [0, 0.1) is 6.92 Å². The number of hydrogen-bond donors (Lipinski definition) is 2. The minimum absolute atomic E-state index is 0.0937. The number of amides is 2. The number of carbonyl (C=O) groups excluding carboxylic acids is 2. The summed E-state index contributed by atoms with van der Waals surface area (Å²) in [6, 6.07) is 15.5. The van der Waals surface area contributed by atoms with E-state index in [9.17, 15) is 9.59 Å². The average Bonchev–Trinajstić information content (AvgIpc) is 2.62. The molecule has 0 bridgehead atoms. The molecular formula is C21H26N2O2S. The molecule has 4 nitrogen and oxygen atoms in total. The van der Waals surface area contributed by atoms with E-state index in [1.165, 1.54) is 11.1 Å². The lowest BCUT2D eigenvalue weighted by Gasteiger charge is -2.14. The minimum atomic E-state index is -0.164. The van der Waals surface area contributed by atoms with Gasteiger partial charge in [-0.1, -0.05) is 48.9 Å². The molecule has 2 N–H and O–H groups in total. The molecule has 0 aliphatic rings. The van der Waals surface area contributed by atoms with Gasteiger partial charge in [-0.25, -0.2) is 0 Å². The van der Waals surface area contributed by atoms with E-state index in [0.717, 1.165) is 12.2 Å². The highest BCUT2D eigenvalue weighted by atomic mass is 32.2. The molecule has 0 fully saturated rings. The van der Waals surface area contributed by atoms with Crippen LogP contribution in [0.1, 0.15) is 41.8 Å². The Balaban J connectivity index is 1.91. The molecule has 1 atom stereocenters. The van der Waals surface area contributed by atoms with Gasteiger partial charge in [-0.3, -0.25) is 9.59 Å². The van der Waals surface area contributed by atoms with Crippen molar-refractivity contribution < 1.29 is 9.59 Å². The maximum Gasteiger partial charge on any atom is 0.253 e. The van der Waals surface area contributed by atoms with Crippen molar-refractivity contribution in [1.82, 2.24) is 5.32 Å². The van der Waals surface area contributed by atoms with Crippen molar-refractivity contribution >= 4 is 29.3 Å². The van der Waals surface area contributed by atoms with E-state index in [-0.39, 0.29) is 17.9 Å². The number of para-hydroxylation sites is 1. The lowest BCUT2D eigenvalue weighted by molar-refractivity contribution is -0.113. The van der Waals surface area contributed by atoms with Crippen LogP contribution >= 0.6 is 11.8 Å². The molecular weight excluding hydrogens is 344 g/mol. The van der Waals surface area contributed by atoms with Gasteiger partial charge in [-0.05, 0) is 38.0 Å². The summed E-state index contributed by atoms with van der Waals surface area (Å²) in [6.07, 6.45) is 0.857. The van der Waals surface area contributed by atoms with E-state index < -0.39 is 0 Å². The van der Waals surface area contributed by atoms with Crippen LogP contribution in [0.3, 0.4) is 0 Å². The van der Waals surface area contributed by atoms with Crippen LogP contribution in [-0.2, 0) is 10.5 Å². The van der Waals surface area contributed by atoms with E-state index in [2.05, 4.69) is 35.8 Å². The summed E-state index contributed by atoms with van der Waals surface area (Å²) in [5.41, 5.74) is 3.46. The number of hydrogen-bond acceptors (Lipinski definition) is 3. The average molecular weight is 371 g/mol. The zero-order chi connectivity index (χ0) is 18.9. The van der Waals surface area contributed by atoms with Crippen molar-refractivity contribution in [2.24, 2.45) is 0 Å². The third-order valence-electron chi connectivity index (χ3n) is 4.02. The standard InChI is InChI=1S/C21H26N2O2S/c1-4-16(3)22-21(25)18-10-5-6-11-19(18)23-20(24)14-26-13-17-9-7-8-15(2)12-17/h5-12,16H,4,13-14H2,1-3H3,(H,22,25)(H,23,24)/t16-/m0/s1. The number of benzene rings is 2. The maximum absolute atomic E-state index is 12.4. The number of aryl methyl sites for hydroxylation is 1. The van der Waals surface area contributed by atoms with Gasteiger partial charge < -0.3 is 10.6 Å². The predicted molar refractivity (Wildman–Crippen MR) is 110 cm³/mol. The van der Waals surface area contributed by atoms with E-state index in [1.807, 2.05) is 26.0 Å². The van der Waals surface area contributed by atoms with Crippen LogP contribution in [0.4, 0.5) is 5.69 Å². The van der Waals surface area contributed by atoms with Crippen molar-refractivity contribution in [2.45, 2.75) is 39.0 Å². The largest absolute Gasteiger partial charge is 0.350 e. The first-order valence-corrected chi connectivity index (χ1v) is 9.98. The van der Waals surface area contributed by atoms with E-state index in [4.69, 9.17) is 0 Å². The Hall–Kier alpha value is -2.27. The summed E-state index contributed by atoms with van der Waals surface area (Å²) >= 11 is 1.56. The van der Waals surface area contributed by atoms with E-state index >= 15 is 0 Å². The highest BCUT2D eigenvalue weighted by molar-refractivity contribution is 7.99. The Morgan fingerprint density at radius 2 is 1.88 bits per heavy atom. The third kappa shape index (κ3) is 6.23. The molecule has 2 aromatic carbocycles. The number of anilines is 1. The SMILES string of the molecule is CC[C@H](C)NC(=O)c1ccccc1NC(=O)CSCc1cccc(C)c1. The van der Waals surface area contributed by atoms with Crippen LogP contribution in [-0.4, -0.2) is 23.6 Å². The van der Waals surface area contributed by atoms with Crippen LogP contribution < -0.4 is 10.6 Å². The Kier molecular flexibility index (Phi) is 7.73. The van der Waals surface area contributed by atoms with Crippen LogP contribution in [0.25, 0.3) is 0 Å². The van der Waals surface area contributed by atoms with Gasteiger partial charge in [-0.15, -0.1) is 11.8 Å². The second-order valence-electron chi connectivity index (χ2n) is 6.36. The van der Waals surface area contributed by atoms with Gasteiger partial charge in [0.1, 0.15) is 0 Å². The first kappa shape index (κ1) is 20.0. The van der Waals surface area contributed by atoms with Crippen LogP contribution in [0.15, 0.2) is 48.5 Å². The molecule has 0 radical (unpaired) electrons. The molecule has 0 aliphatic carbocycles. The van der Waals surface area contributed by atoms with Gasteiger partial charge in [0.25, 0.3) is 5.91 Å². The summed E-state index contributed by atoms with van der Waals surface area (Å²) in [5.74, 6) is 0.856. The second-order valence-corrected chi connectivity index (χ2v) is 7.34. The molecule has 0 spiro atoms. The smallest absolute Gasteiger partial charge is 0.253 e. The summed E-state index contributed by atoms with van der Waals surface area (Å²) in [6.45, 7) is 6.04. The van der Waals surface area contributed by atoms with Crippen molar-refractivity contribution in [3.05, 3.63) is 65.2 Å². The van der Waals surface area contributed by atoms with Crippen molar-refractivity contribution in [1.29, 1.82) is 0 Å². The van der Waals surface area contributed by atoms with Gasteiger partial charge in [0.2, 0.25) is 5.91 Å². The molecule has 2 aromatic rings. The molecule has 0 aliphatic heterocycles. The number of carbonyl (C=O) groups is 2. The third-order valence-corrected chi connectivity index (χ3v) is 5.02. The fourth-order valence-corrected chi connectivity index (χ4v) is 3.22. The second kappa shape index (κ2) is 10.0. The number of nitrogens with one attached hydrogen (secondary N) is 2. The molecule has 26 heavy (non-hydrogen) atoms. The van der Waals surface area contributed by atoms with Crippen LogP contribution in [0.2, 0.25) is 0 Å². The quantitative estimate of drug-likeness (QED) is 0.724. The molecule has 0 aromatic heterocycles. The van der Waals surface area contributed by atoms with Gasteiger partial charge in [-0.2, -0.15) is 0 Å². The normalized spacial score (nSPS) is 11.7. The molecule has 0 saturated carbocycles. The topological polar surface area (TPSA) is 58.2 Å². The summed E-state index contributed by atoms with van der Waals surface area (Å²) in [7, 11) is 0. The zero-order valence-electron chi connectivity index (χ0n) is 15.5. The molecule has 0 unspecified atom stereocenters. The van der Waals surface area contributed by atoms with Crippen molar-refractivity contribution in [3.8, 4) is 0 Å². The van der Waals surface area contributed by atoms with Gasteiger partial charge in [0, 0.05) is 11.8 Å². The number of thioether (sulfide) groups is 1. The predicted octanol–water partition coefficient (Wildman–Crippen LogP) is 4.40. The molecule has 2 rings (SSSR count). The monoisotopic (exact) mass is 370 g/mol. The Labute approximate surface area is 159 Å². The molecule has 5 heteroatoms. The summed E-state index contributed by atoms with van der Waals surface area (Å²) in [5, 5.41) is 5.79. The first-order valence-electron chi connectivity index (χ1n) is 8.82. The Bertz CT molecular complexity index is 761. The minimum Gasteiger partial charge on any atom is -0.350 e. The highest BCUT2D eigenvalue weighted by Crippen LogP contribution is 2.17. The van der Waals surface area contributed by atoms with Gasteiger partial charge >= 0.3 is 0 Å². The first-order chi connectivity index (χ1) is 12.5. The molecule has 0 heterocycles. The fraction of sp³-hybridized carbons (Fsp3) is 0.333. The zero-order valence-corrected chi connectivity index (χ0v) is 16.4. The van der Waals surface area contributed by atoms with E-state index in [1.54, 1.807) is 30.0 Å². The maximum atomic E-state index is 12.4. The molecule has 138 valence electrons. The summed E-state index contributed by atoms with van der Waals surface area (Å²) in [4.78, 5) is 24.6. The lowest BCUT2D eigenvalue weighted by Crippen LogP contribution is -2.32. The molecule has 0 saturated heterocycles. The number of rotatable bonds is 8. The van der Waals surface area contributed by atoms with Crippen molar-refractivity contribution in [3.63, 3.8) is 0 Å². The van der Waals surface area contributed by atoms with Gasteiger partial charge in [0.05, 0.1) is 17.0 Å². The lowest BCUT2D eigenvalue weighted by atomic mass is 10.1. The van der Waals surface area contributed by atoms with Crippen molar-refractivity contribution in [2.75, 3.05) is 11.1 Å². The molecule has 2 amide bonds. The Morgan fingerprint density at radius 3 is 2.62 bits per heavy atom. The van der Waals surface area contributed by atoms with Gasteiger partial charge in [0.15, 0.2) is 0 Å².